The van der Waals surface area contributed by atoms with E-state index in [1.54, 1.807) is 22.7 Å². The summed E-state index contributed by atoms with van der Waals surface area (Å²) in [4.78, 5) is 5.52. The molecule has 0 bridgehead atoms. The normalized spacial score (nSPS) is 13.0. The van der Waals surface area contributed by atoms with Gasteiger partial charge in [-0.3, -0.25) is 0 Å². The highest BCUT2D eigenvalue weighted by Gasteiger charge is 2.12. The van der Waals surface area contributed by atoms with E-state index in [1.807, 2.05) is 11.6 Å². The number of hydrogen-bond donors (Lipinski definition) is 1. The summed E-state index contributed by atoms with van der Waals surface area (Å²) >= 11 is 3.40. The molecule has 74 valence electrons. The fourth-order valence-corrected chi connectivity index (χ4v) is 3.01. The molecular weight excluding hydrogens is 212 g/mol. The van der Waals surface area contributed by atoms with Gasteiger partial charge in [0.25, 0.3) is 0 Å². The molecule has 2 nitrogen and oxygen atoms in total. The lowest BCUT2D eigenvalue weighted by Gasteiger charge is -2.08. The van der Waals surface area contributed by atoms with Crippen molar-refractivity contribution in [3.63, 3.8) is 0 Å². The van der Waals surface area contributed by atoms with Crippen molar-refractivity contribution < 1.29 is 0 Å². The highest BCUT2D eigenvalue weighted by Crippen LogP contribution is 2.25. The Balaban J connectivity index is 2.10. The van der Waals surface area contributed by atoms with Crippen LogP contribution in [0.1, 0.15) is 21.5 Å². The third-order valence-corrected chi connectivity index (χ3v) is 4.07. The van der Waals surface area contributed by atoms with Gasteiger partial charge in [0, 0.05) is 28.9 Å². The number of aryl methyl sites for hydroxylation is 1. The molecule has 2 aromatic rings. The molecule has 2 heterocycles. The second-order valence-electron chi connectivity index (χ2n) is 3.20. The summed E-state index contributed by atoms with van der Waals surface area (Å²) in [6.07, 6.45) is 2.67. The van der Waals surface area contributed by atoms with Gasteiger partial charge < -0.3 is 5.73 Å². The topological polar surface area (TPSA) is 38.9 Å². The minimum atomic E-state index is 0.0983. The smallest absolute Gasteiger partial charge is 0.0944 e. The first-order valence-corrected chi connectivity index (χ1v) is 6.21. The summed E-state index contributed by atoms with van der Waals surface area (Å²) in [7, 11) is 0. The van der Waals surface area contributed by atoms with Crippen LogP contribution in [-0.2, 0) is 6.42 Å². The summed E-state index contributed by atoms with van der Waals surface area (Å²) < 4.78 is 0. The number of aromatic nitrogens is 1. The Morgan fingerprint density at radius 1 is 1.43 bits per heavy atom. The maximum atomic E-state index is 6.11. The van der Waals surface area contributed by atoms with Crippen molar-refractivity contribution in [2.75, 3.05) is 0 Å². The van der Waals surface area contributed by atoms with Crippen molar-refractivity contribution >= 4 is 22.7 Å². The van der Waals surface area contributed by atoms with Crippen molar-refractivity contribution in [3.05, 3.63) is 38.5 Å². The van der Waals surface area contributed by atoms with Gasteiger partial charge in [-0.2, -0.15) is 0 Å². The number of nitrogens with zero attached hydrogens (tertiary/aromatic N) is 1. The summed E-state index contributed by atoms with van der Waals surface area (Å²) in [6.45, 7) is 2.10. The zero-order valence-electron chi connectivity index (χ0n) is 7.93. The van der Waals surface area contributed by atoms with Crippen LogP contribution >= 0.6 is 22.7 Å². The van der Waals surface area contributed by atoms with Crippen LogP contribution in [0.15, 0.2) is 23.0 Å². The standard InChI is InChI=1S/C10H12N2S2/c1-7-2-4-14-10(7)8(11)6-9-12-3-5-13-9/h2-5,8H,6,11H2,1H3. The van der Waals surface area contributed by atoms with Gasteiger partial charge in [0.1, 0.15) is 0 Å². The Labute approximate surface area is 91.4 Å². The van der Waals surface area contributed by atoms with Gasteiger partial charge in [-0.1, -0.05) is 0 Å². The molecule has 1 unspecified atom stereocenters. The molecule has 0 aromatic carbocycles. The van der Waals surface area contributed by atoms with Crippen molar-refractivity contribution in [3.8, 4) is 0 Å². The Bertz CT molecular complexity index is 392. The molecule has 0 saturated carbocycles. The van der Waals surface area contributed by atoms with E-state index >= 15 is 0 Å². The van der Waals surface area contributed by atoms with Crippen molar-refractivity contribution in [1.82, 2.24) is 4.98 Å². The molecule has 2 N–H and O–H groups in total. The summed E-state index contributed by atoms with van der Waals surface area (Å²) in [5, 5.41) is 5.20. The van der Waals surface area contributed by atoms with Crippen LogP contribution in [0.5, 0.6) is 0 Å². The molecule has 14 heavy (non-hydrogen) atoms. The minimum absolute atomic E-state index is 0.0983. The molecule has 2 rings (SSSR count). The van der Waals surface area contributed by atoms with Gasteiger partial charge in [-0.25, -0.2) is 4.98 Å². The van der Waals surface area contributed by atoms with E-state index in [2.05, 4.69) is 23.4 Å². The quantitative estimate of drug-likeness (QED) is 0.870. The van der Waals surface area contributed by atoms with Gasteiger partial charge in [0.15, 0.2) is 0 Å². The second-order valence-corrected chi connectivity index (χ2v) is 5.13. The van der Waals surface area contributed by atoms with E-state index in [0.717, 1.165) is 11.4 Å². The molecule has 0 aliphatic carbocycles. The fourth-order valence-electron chi connectivity index (χ4n) is 1.40. The molecule has 0 aliphatic heterocycles. The average Bonchev–Trinajstić information content (AvgIpc) is 2.75. The Hall–Kier alpha value is -0.710. The van der Waals surface area contributed by atoms with Gasteiger partial charge in [-0.15, -0.1) is 22.7 Å². The Morgan fingerprint density at radius 2 is 2.29 bits per heavy atom. The Kier molecular flexibility index (Phi) is 2.96. The third-order valence-electron chi connectivity index (χ3n) is 2.12. The number of thiophene rings is 1. The first-order chi connectivity index (χ1) is 6.77. The van der Waals surface area contributed by atoms with Crippen LogP contribution in [0.2, 0.25) is 0 Å². The molecular formula is C10H12N2S2. The van der Waals surface area contributed by atoms with E-state index in [4.69, 9.17) is 5.73 Å². The first-order valence-electron chi connectivity index (χ1n) is 4.45. The van der Waals surface area contributed by atoms with Gasteiger partial charge in [-0.05, 0) is 23.9 Å². The van der Waals surface area contributed by atoms with Crippen LogP contribution in [0.25, 0.3) is 0 Å². The fraction of sp³-hybridized carbons (Fsp3) is 0.300. The number of rotatable bonds is 3. The van der Waals surface area contributed by atoms with E-state index in [9.17, 15) is 0 Å². The molecule has 0 amide bonds. The summed E-state index contributed by atoms with van der Waals surface area (Å²) in [5.74, 6) is 0. The predicted molar refractivity (Wildman–Crippen MR) is 61.8 cm³/mol. The highest BCUT2D eigenvalue weighted by atomic mass is 32.1. The SMILES string of the molecule is Cc1ccsc1C(N)Cc1nccs1. The minimum Gasteiger partial charge on any atom is -0.323 e. The number of thiazole rings is 1. The van der Waals surface area contributed by atoms with Gasteiger partial charge in [0.2, 0.25) is 0 Å². The monoisotopic (exact) mass is 224 g/mol. The van der Waals surface area contributed by atoms with Crippen LogP contribution in [0.4, 0.5) is 0 Å². The third kappa shape index (κ3) is 2.03. The highest BCUT2D eigenvalue weighted by molar-refractivity contribution is 7.10. The number of nitrogens with two attached hydrogens (primary N) is 1. The largest absolute Gasteiger partial charge is 0.323 e. The lowest BCUT2D eigenvalue weighted by Crippen LogP contribution is -2.12. The van der Waals surface area contributed by atoms with Crippen LogP contribution in [0, 0.1) is 6.92 Å². The van der Waals surface area contributed by atoms with E-state index in [-0.39, 0.29) is 6.04 Å². The van der Waals surface area contributed by atoms with Crippen molar-refractivity contribution in [1.29, 1.82) is 0 Å². The maximum absolute atomic E-state index is 6.11. The lowest BCUT2D eigenvalue weighted by molar-refractivity contribution is 0.728. The van der Waals surface area contributed by atoms with Gasteiger partial charge >= 0.3 is 0 Å². The first kappa shape index (κ1) is 9.83. The zero-order valence-corrected chi connectivity index (χ0v) is 9.57. The lowest BCUT2D eigenvalue weighted by atomic mass is 10.1. The molecule has 4 heteroatoms. The zero-order chi connectivity index (χ0) is 9.97. The van der Waals surface area contributed by atoms with Crippen LogP contribution in [0.3, 0.4) is 0 Å². The maximum Gasteiger partial charge on any atom is 0.0944 e. The van der Waals surface area contributed by atoms with Crippen LogP contribution < -0.4 is 5.73 Å². The Morgan fingerprint density at radius 3 is 2.86 bits per heavy atom. The molecule has 0 spiro atoms. The van der Waals surface area contributed by atoms with Gasteiger partial charge in [0.05, 0.1) is 5.01 Å². The van der Waals surface area contributed by atoms with Crippen molar-refractivity contribution in [2.24, 2.45) is 5.73 Å². The molecule has 0 saturated heterocycles. The van der Waals surface area contributed by atoms with Crippen LogP contribution in [-0.4, -0.2) is 4.98 Å². The molecule has 2 aromatic heterocycles. The summed E-state index contributed by atoms with van der Waals surface area (Å²) in [6, 6.07) is 2.21. The predicted octanol–water partition coefficient (Wildman–Crippen LogP) is 2.76. The van der Waals surface area contributed by atoms with E-state index < -0.39 is 0 Å². The second kappa shape index (κ2) is 4.21. The molecule has 0 fully saturated rings. The van der Waals surface area contributed by atoms with E-state index in [0.29, 0.717) is 0 Å². The molecule has 0 aliphatic rings. The summed E-state index contributed by atoms with van der Waals surface area (Å²) in [5.41, 5.74) is 7.40. The molecule has 1 atom stereocenters. The average molecular weight is 224 g/mol. The molecule has 0 radical (unpaired) electrons. The number of hydrogen-bond acceptors (Lipinski definition) is 4. The van der Waals surface area contributed by atoms with E-state index in [1.165, 1.54) is 10.4 Å². The van der Waals surface area contributed by atoms with Crippen molar-refractivity contribution in [2.45, 2.75) is 19.4 Å².